The van der Waals surface area contributed by atoms with Crippen molar-refractivity contribution in [2.24, 2.45) is 11.8 Å². The average Bonchev–Trinajstić information content (AvgIpc) is 3.36. The minimum absolute atomic E-state index is 0.0287. The molecule has 0 radical (unpaired) electrons. The van der Waals surface area contributed by atoms with E-state index in [0.717, 1.165) is 31.2 Å². The summed E-state index contributed by atoms with van der Waals surface area (Å²) >= 11 is 0. The molecule has 3 aliphatic rings. The summed E-state index contributed by atoms with van der Waals surface area (Å²) in [4.78, 5) is 39.8. The normalized spacial score (nSPS) is 21.9. The van der Waals surface area contributed by atoms with Gasteiger partial charge in [0.15, 0.2) is 11.5 Å². The molecule has 31 heavy (non-hydrogen) atoms. The first kappa shape index (κ1) is 19.6. The van der Waals surface area contributed by atoms with Gasteiger partial charge in [0.25, 0.3) is 11.8 Å². The van der Waals surface area contributed by atoms with Gasteiger partial charge in [-0.15, -0.1) is 0 Å². The lowest BCUT2D eigenvalue weighted by atomic mass is 9.78. The second-order valence-corrected chi connectivity index (χ2v) is 8.32. The fourth-order valence-electron chi connectivity index (χ4n) is 4.78. The topological polar surface area (TPSA) is 84.9 Å². The molecule has 7 nitrogen and oxygen atoms in total. The fraction of sp³-hybridized carbons (Fsp3) is 0.375. The Hall–Kier alpha value is -3.35. The number of ether oxygens (including phenoxy) is 2. The van der Waals surface area contributed by atoms with Gasteiger partial charge in [0, 0.05) is 19.0 Å². The van der Waals surface area contributed by atoms with Crippen molar-refractivity contribution in [2.45, 2.75) is 32.2 Å². The Bertz CT molecular complexity index is 1020. The molecule has 0 saturated heterocycles. The second kappa shape index (κ2) is 8.06. The lowest BCUT2D eigenvalue weighted by Crippen LogP contribution is -2.43. The number of nitrogens with one attached hydrogen (secondary N) is 1. The molecule has 5 rings (SSSR count). The van der Waals surface area contributed by atoms with Gasteiger partial charge < -0.3 is 14.8 Å². The van der Waals surface area contributed by atoms with Crippen molar-refractivity contribution in [3.05, 3.63) is 59.2 Å². The lowest BCUT2D eigenvalue weighted by molar-refractivity contribution is -0.128. The molecule has 2 aliphatic heterocycles. The maximum Gasteiger partial charge on any atom is 0.261 e. The summed E-state index contributed by atoms with van der Waals surface area (Å²) in [7, 11) is 0. The van der Waals surface area contributed by atoms with Gasteiger partial charge in [0.1, 0.15) is 0 Å². The number of benzene rings is 2. The van der Waals surface area contributed by atoms with Crippen LogP contribution >= 0.6 is 0 Å². The van der Waals surface area contributed by atoms with Crippen molar-refractivity contribution in [3.63, 3.8) is 0 Å². The molecule has 7 heteroatoms. The van der Waals surface area contributed by atoms with E-state index in [0.29, 0.717) is 29.2 Å². The van der Waals surface area contributed by atoms with Gasteiger partial charge in [-0.25, -0.2) is 0 Å². The molecule has 160 valence electrons. The van der Waals surface area contributed by atoms with Crippen molar-refractivity contribution in [1.29, 1.82) is 0 Å². The van der Waals surface area contributed by atoms with E-state index in [4.69, 9.17) is 9.47 Å². The number of hydrogen-bond acceptors (Lipinski definition) is 5. The maximum atomic E-state index is 13.0. The van der Waals surface area contributed by atoms with Crippen molar-refractivity contribution < 1.29 is 23.9 Å². The molecule has 1 aliphatic carbocycles. The van der Waals surface area contributed by atoms with Gasteiger partial charge in [-0.2, -0.15) is 0 Å². The third kappa shape index (κ3) is 3.65. The number of carbonyl (C=O) groups excluding carboxylic acids is 3. The van der Waals surface area contributed by atoms with E-state index in [9.17, 15) is 14.4 Å². The summed E-state index contributed by atoms with van der Waals surface area (Å²) in [5.41, 5.74) is 1.84. The summed E-state index contributed by atoms with van der Waals surface area (Å²) < 4.78 is 10.7. The van der Waals surface area contributed by atoms with E-state index in [1.165, 1.54) is 4.90 Å². The van der Waals surface area contributed by atoms with Crippen LogP contribution in [0.1, 0.15) is 52.0 Å². The quantitative estimate of drug-likeness (QED) is 0.752. The zero-order valence-corrected chi connectivity index (χ0v) is 17.1. The third-order valence-corrected chi connectivity index (χ3v) is 6.44. The van der Waals surface area contributed by atoms with Crippen LogP contribution in [0.4, 0.5) is 0 Å². The third-order valence-electron chi connectivity index (χ3n) is 6.44. The second-order valence-electron chi connectivity index (χ2n) is 8.32. The summed E-state index contributed by atoms with van der Waals surface area (Å²) in [6.07, 6.45) is 3.57. The Balaban J connectivity index is 1.25. The van der Waals surface area contributed by atoms with Gasteiger partial charge in [-0.3, -0.25) is 19.3 Å². The van der Waals surface area contributed by atoms with Crippen LogP contribution in [0.15, 0.2) is 42.5 Å². The lowest BCUT2D eigenvalue weighted by Gasteiger charge is -2.32. The van der Waals surface area contributed by atoms with Crippen molar-refractivity contribution in [1.82, 2.24) is 10.2 Å². The first-order valence-corrected chi connectivity index (χ1v) is 10.7. The molecular weight excluding hydrogens is 396 g/mol. The minimum Gasteiger partial charge on any atom is -0.454 e. The van der Waals surface area contributed by atoms with Gasteiger partial charge in [0.05, 0.1) is 11.1 Å². The zero-order chi connectivity index (χ0) is 21.4. The van der Waals surface area contributed by atoms with Crippen molar-refractivity contribution in [3.8, 4) is 11.5 Å². The van der Waals surface area contributed by atoms with Crippen molar-refractivity contribution >= 4 is 17.7 Å². The Kier molecular flexibility index (Phi) is 5.10. The van der Waals surface area contributed by atoms with E-state index in [1.54, 1.807) is 24.3 Å². The SMILES string of the molecule is O=C(NCc1ccc2c(c1)OCO2)C1CCCCC1CN1C(=O)c2ccccc2C1=O. The van der Waals surface area contributed by atoms with Crippen LogP contribution in [0, 0.1) is 11.8 Å². The fourth-order valence-corrected chi connectivity index (χ4v) is 4.78. The van der Waals surface area contributed by atoms with E-state index in [-0.39, 0.29) is 42.9 Å². The predicted molar refractivity (Wildman–Crippen MR) is 112 cm³/mol. The molecule has 2 aromatic carbocycles. The summed E-state index contributed by atoms with van der Waals surface area (Å²) in [6.45, 7) is 0.896. The van der Waals surface area contributed by atoms with E-state index in [2.05, 4.69) is 5.32 Å². The predicted octanol–water partition coefficient (Wildman–Crippen LogP) is 3.13. The molecule has 1 N–H and O–H groups in total. The van der Waals surface area contributed by atoms with Crippen LogP contribution in [0.25, 0.3) is 0 Å². The number of amides is 3. The summed E-state index contributed by atoms with van der Waals surface area (Å²) in [5, 5.41) is 3.03. The molecule has 1 saturated carbocycles. The number of rotatable bonds is 5. The first-order valence-electron chi connectivity index (χ1n) is 10.7. The highest BCUT2D eigenvalue weighted by molar-refractivity contribution is 6.21. The molecule has 2 unspecified atom stereocenters. The standard InChI is InChI=1S/C24H24N2O5/c27-22(25-12-15-9-10-20-21(11-15)31-14-30-20)17-6-2-1-5-16(17)13-26-23(28)18-7-3-4-8-19(18)24(26)29/h3-4,7-11,16-17H,1-2,5-6,12-14H2,(H,25,27). The van der Waals surface area contributed by atoms with Crippen molar-refractivity contribution in [2.75, 3.05) is 13.3 Å². The largest absolute Gasteiger partial charge is 0.454 e. The van der Waals surface area contributed by atoms with Crippen LogP contribution in [0.3, 0.4) is 0 Å². The van der Waals surface area contributed by atoms with E-state index in [1.807, 2.05) is 18.2 Å². The Labute approximate surface area is 180 Å². The minimum atomic E-state index is -0.259. The number of hydrogen-bond donors (Lipinski definition) is 1. The van der Waals surface area contributed by atoms with Crippen LogP contribution in [0.2, 0.25) is 0 Å². The average molecular weight is 420 g/mol. The highest BCUT2D eigenvalue weighted by atomic mass is 16.7. The highest BCUT2D eigenvalue weighted by Crippen LogP contribution is 2.34. The molecule has 0 spiro atoms. The molecule has 2 atom stereocenters. The molecule has 2 heterocycles. The first-order chi connectivity index (χ1) is 15.1. The van der Waals surface area contributed by atoms with Gasteiger partial charge >= 0.3 is 0 Å². The summed E-state index contributed by atoms with van der Waals surface area (Å²) in [5.74, 6) is 0.603. The highest BCUT2D eigenvalue weighted by Gasteiger charge is 2.39. The molecular formula is C24H24N2O5. The molecule has 2 aromatic rings. The molecule has 0 aromatic heterocycles. The number of carbonyl (C=O) groups is 3. The van der Waals surface area contributed by atoms with Crippen LogP contribution in [0.5, 0.6) is 11.5 Å². The zero-order valence-electron chi connectivity index (χ0n) is 17.1. The molecule has 3 amide bonds. The number of nitrogens with zero attached hydrogens (tertiary/aromatic N) is 1. The Morgan fingerprint density at radius 2 is 1.68 bits per heavy atom. The van der Waals surface area contributed by atoms with Crippen LogP contribution < -0.4 is 14.8 Å². The molecule has 1 fully saturated rings. The number of fused-ring (bicyclic) bond motifs is 2. The number of imide groups is 1. The maximum absolute atomic E-state index is 13.0. The van der Waals surface area contributed by atoms with Gasteiger partial charge in [0.2, 0.25) is 12.7 Å². The van der Waals surface area contributed by atoms with E-state index >= 15 is 0 Å². The van der Waals surface area contributed by atoms with Crippen LogP contribution in [-0.4, -0.2) is 36.0 Å². The van der Waals surface area contributed by atoms with E-state index < -0.39 is 0 Å². The van der Waals surface area contributed by atoms with Gasteiger partial charge in [-0.05, 0) is 48.6 Å². The Morgan fingerprint density at radius 3 is 2.45 bits per heavy atom. The monoisotopic (exact) mass is 420 g/mol. The van der Waals surface area contributed by atoms with Crippen LogP contribution in [-0.2, 0) is 11.3 Å². The summed E-state index contributed by atoms with van der Waals surface area (Å²) in [6, 6.07) is 12.5. The Morgan fingerprint density at radius 1 is 0.968 bits per heavy atom. The van der Waals surface area contributed by atoms with Gasteiger partial charge in [-0.1, -0.05) is 31.0 Å². The smallest absolute Gasteiger partial charge is 0.261 e. The molecule has 0 bridgehead atoms.